The van der Waals surface area contributed by atoms with Crippen molar-refractivity contribution in [1.29, 1.82) is 0 Å². The summed E-state index contributed by atoms with van der Waals surface area (Å²) in [7, 11) is 1.30. The van der Waals surface area contributed by atoms with Gasteiger partial charge in [0.2, 0.25) is 0 Å². The number of amides is 1. The van der Waals surface area contributed by atoms with Gasteiger partial charge in [-0.3, -0.25) is 9.78 Å². The lowest BCUT2D eigenvalue weighted by atomic mass is 9.99. The van der Waals surface area contributed by atoms with E-state index in [-0.39, 0.29) is 11.5 Å². The maximum Gasteiger partial charge on any atom is 0.328 e. The van der Waals surface area contributed by atoms with Crippen LogP contribution in [0.3, 0.4) is 0 Å². The summed E-state index contributed by atoms with van der Waals surface area (Å²) in [5.41, 5.74) is 0.965. The lowest BCUT2D eigenvalue weighted by Gasteiger charge is -2.22. The van der Waals surface area contributed by atoms with Gasteiger partial charge in [0.05, 0.1) is 17.7 Å². The van der Waals surface area contributed by atoms with Gasteiger partial charge in [-0.15, -0.1) is 0 Å². The van der Waals surface area contributed by atoms with Crippen molar-refractivity contribution in [2.45, 2.75) is 33.2 Å². The van der Waals surface area contributed by atoms with Gasteiger partial charge in [-0.25, -0.2) is 4.79 Å². The number of aryl methyl sites for hydroxylation is 1. The Morgan fingerprint density at radius 2 is 2.15 bits per heavy atom. The normalized spacial score (nSPS) is 13.4. The summed E-state index contributed by atoms with van der Waals surface area (Å²) in [4.78, 5) is 28.0. The summed E-state index contributed by atoms with van der Waals surface area (Å²) >= 11 is 6.02. The Morgan fingerprint density at radius 1 is 1.50 bits per heavy atom. The first-order valence-electron chi connectivity index (χ1n) is 6.41. The quantitative estimate of drug-likeness (QED) is 0.847. The number of esters is 1. The summed E-state index contributed by atoms with van der Waals surface area (Å²) in [6.07, 6.45) is 2.14. The maximum atomic E-state index is 12.2. The van der Waals surface area contributed by atoms with Crippen molar-refractivity contribution < 1.29 is 14.3 Å². The van der Waals surface area contributed by atoms with E-state index in [0.29, 0.717) is 5.02 Å². The van der Waals surface area contributed by atoms with Crippen molar-refractivity contribution in [3.63, 3.8) is 0 Å². The average Bonchev–Trinajstić information content (AvgIpc) is 2.42. The van der Waals surface area contributed by atoms with Crippen LogP contribution in [0.5, 0.6) is 0 Å². The minimum absolute atomic E-state index is 0.0383. The Balaban J connectivity index is 2.93. The van der Waals surface area contributed by atoms with Gasteiger partial charge in [-0.2, -0.15) is 0 Å². The van der Waals surface area contributed by atoms with Gasteiger partial charge in [-0.05, 0) is 18.9 Å². The van der Waals surface area contributed by atoms with Crippen molar-refractivity contribution in [3.8, 4) is 0 Å². The predicted octanol–water partition coefficient (Wildman–Crippen LogP) is 2.36. The van der Waals surface area contributed by atoms with E-state index in [1.54, 1.807) is 13.0 Å². The van der Waals surface area contributed by atoms with Crippen LogP contribution in [0.4, 0.5) is 0 Å². The van der Waals surface area contributed by atoms with Gasteiger partial charge in [0.25, 0.3) is 5.91 Å². The molecule has 20 heavy (non-hydrogen) atoms. The molecule has 2 unspecified atom stereocenters. The first kappa shape index (κ1) is 16.4. The average molecular weight is 299 g/mol. The van der Waals surface area contributed by atoms with Crippen LogP contribution in [0.2, 0.25) is 5.02 Å². The van der Waals surface area contributed by atoms with E-state index in [4.69, 9.17) is 16.3 Å². The summed E-state index contributed by atoms with van der Waals surface area (Å²) in [6.45, 7) is 5.59. The van der Waals surface area contributed by atoms with Crippen molar-refractivity contribution in [3.05, 3.63) is 28.5 Å². The summed E-state index contributed by atoms with van der Waals surface area (Å²) in [5.74, 6) is -0.939. The number of carbonyl (C=O) groups excluding carboxylic acids is 2. The Morgan fingerprint density at radius 3 is 2.65 bits per heavy atom. The molecule has 0 aromatic carbocycles. The van der Waals surface area contributed by atoms with E-state index in [2.05, 4.69) is 10.3 Å². The molecule has 0 aliphatic rings. The van der Waals surface area contributed by atoms with Crippen molar-refractivity contribution >= 4 is 23.5 Å². The van der Waals surface area contributed by atoms with Gasteiger partial charge in [0.15, 0.2) is 0 Å². The number of nitrogens with one attached hydrogen (secondary N) is 1. The maximum absolute atomic E-state index is 12.2. The minimum Gasteiger partial charge on any atom is -0.467 e. The lowest BCUT2D eigenvalue weighted by molar-refractivity contribution is -0.144. The molecule has 1 amide bonds. The predicted molar refractivity (Wildman–Crippen MR) is 76.7 cm³/mol. The van der Waals surface area contributed by atoms with Gasteiger partial charge >= 0.3 is 5.97 Å². The number of ether oxygens (including phenoxy) is 1. The Labute approximate surface area is 123 Å². The monoisotopic (exact) mass is 298 g/mol. The third-order valence-electron chi connectivity index (χ3n) is 3.19. The molecule has 0 saturated heterocycles. The molecule has 1 aromatic rings. The molecule has 0 spiro atoms. The molecule has 1 rings (SSSR count). The molecular weight excluding hydrogens is 280 g/mol. The van der Waals surface area contributed by atoms with Crippen LogP contribution in [-0.4, -0.2) is 30.0 Å². The van der Waals surface area contributed by atoms with Crippen LogP contribution in [0.15, 0.2) is 12.3 Å². The van der Waals surface area contributed by atoms with E-state index in [9.17, 15) is 9.59 Å². The van der Waals surface area contributed by atoms with Crippen LogP contribution in [0, 0.1) is 12.8 Å². The zero-order chi connectivity index (χ0) is 15.3. The highest BCUT2D eigenvalue weighted by Gasteiger charge is 2.27. The highest BCUT2D eigenvalue weighted by molar-refractivity contribution is 6.33. The van der Waals surface area contributed by atoms with Crippen LogP contribution >= 0.6 is 11.6 Å². The first-order chi connectivity index (χ1) is 9.40. The largest absolute Gasteiger partial charge is 0.467 e. The number of hydrogen-bond donors (Lipinski definition) is 1. The number of aromatic nitrogens is 1. The highest BCUT2D eigenvalue weighted by atomic mass is 35.5. The zero-order valence-electron chi connectivity index (χ0n) is 12.1. The molecule has 0 aliphatic heterocycles. The molecule has 1 heterocycles. The molecule has 110 valence electrons. The molecule has 6 heteroatoms. The number of methoxy groups -OCH3 is 1. The number of hydrogen-bond acceptors (Lipinski definition) is 4. The van der Waals surface area contributed by atoms with E-state index in [1.165, 1.54) is 13.3 Å². The number of carbonyl (C=O) groups is 2. The van der Waals surface area contributed by atoms with E-state index in [0.717, 1.165) is 12.1 Å². The molecule has 1 N–H and O–H groups in total. The van der Waals surface area contributed by atoms with Crippen LogP contribution in [0.1, 0.15) is 36.3 Å². The molecule has 2 atom stereocenters. The summed E-state index contributed by atoms with van der Waals surface area (Å²) in [5, 5.41) is 2.97. The molecule has 0 fully saturated rings. The van der Waals surface area contributed by atoms with Gasteiger partial charge in [-0.1, -0.05) is 31.9 Å². The number of rotatable bonds is 5. The van der Waals surface area contributed by atoms with Crippen LogP contribution in [-0.2, 0) is 9.53 Å². The zero-order valence-corrected chi connectivity index (χ0v) is 12.8. The fourth-order valence-corrected chi connectivity index (χ4v) is 2.00. The number of halogens is 1. The topological polar surface area (TPSA) is 68.3 Å². The molecule has 0 saturated carbocycles. The van der Waals surface area contributed by atoms with E-state index < -0.39 is 17.9 Å². The highest BCUT2D eigenvalue weighted by Crippen LogP contribution is 2.17. The van der Waals surface area contributed by atoms with Crippen molar-refractivity contribution in [2.75, 3.05) is 7.11 Å². The number of nitrogens with zero attached hydrogens (tertiary/aromatic N) is 1. The second-order valence-electron chi connectivity index (χ2n) is 4.67. The van der Waals surface area contributed by atoms with Gasteiger partial charge in [0, 0.05) is 11.9 Å². The molecule has 0 bridgehead atoms. The van der Waals surface area contributed by atoms with E-state index in [1.807, 2.05) is 13.8 Å². The lowest BCUT2D eigenvalue weighted by Crippen LogP contribution is -2.45. The van der Waals surface area contributed by atoms with Crippen LogP contribution in [0.25, 0.3) is 0 Å². The van der Waals surface area contributed by atoms with Crippen LogP contribution < -0.4 is 5.32 Å². The van der Waals surface area contributed by atoms with Gasteiger partial charge in [0.1, 0.15) is 6.04 Å². The standard InChI is InChI=1S/C14H19ClN2O3/c1-5-8(2)12(14(19)20-4)17-13(18)10-7-16-9(3)6-11(10)15/h6-8,12H,5H2,1-4H3,(H,17,18). The van der Waals surface area contributed by atoms with Gasteiger partial charge < -0.3 is 10.1 Å². The Bertz CT molecular complexity index is 505. The molecular formula is C14H19ClN2O3. The summed E-state index contributed by atoms with van der Waals surface area (Å²) in [6, 6.07) is 0.905. The van der Waals surface area contributed by atoms with E-state index >= 15 is 0 Å². The molecule has 5 nitrogen and oxygen atoms in total. The molecule has 1 aromatic heterocycles. The van der Waals surface area contributed by atoms with Crippen molar-refractivity contribution in [2.24, 2.45) is 5.92 Å². The second kappa shape index (κ2) is 7.24. The SMILES string of the molecule is CCC(C)C(NC(=O)c1cnc(C)cc1Cl)C(=O)OC. The fourth-order valence-electron chi connectivity index (χ4n) is 1.71. The smallest absolute Gasteiger partial charge is 0.328 e. The third-order valence-corrected chi connectivity index (χ3v) is 3.50. The summed E-state index contributed by atoms with van der Waals surface area (Å²) < 4.78 is 4.72. The molecule has 0 radical (unpaired) electrons. The minimum atomic E-state index is -0.699. The third kappa shape index (κ3) is 3.93. The second-order valence-corrected chi connectivity index (χ2v) is 5.07. The number of pyridine rings is 1. The Kier molecular flexibility index (Phi) is 5.95. The van der Waals surface area contributed by atoms with Crippen molar-refractivity contribution in [1.82, 2.24) is 10.3 Å². The molecule has 0 aliphatic carbocycles. The fraction of sp³-hybridized carbons (Fsp3) is 0.500. The Hall–Kier alpha value is -1.62. The first-order valence-corrected chi connectivity index (χ1v) is 6.79.